The zero-order valence-electron chi connectivity index (χ0n) is 12.6. The summed E-state index contributed by atoms with van der Waals surface area (Å²) in [5.41, 5.74) is 6.56. The smallest absolute Gasteiger partial charge is 0.0237 e. The third-order valence-electron chi connectivity index (χ3n) is 4.84. The Labute approximate surface area is 117 Å². The molecule has 2 aliphatic heterocycles. The topological polar surface area (TPSA) is 15.3 Å². The number of rotatable bonds is 2. The van der Waals surface area contributed by atoms with Gasteiger partial charge in [0.05, 0.1) is 0 Å². The molecule has 0 bridgehead atoms. The van der Waals surface area contributed by atoms with Gasteiger partial charge in [0.15, 0.2) is 0 Å². The van der Waals surface area contributed by atoms with E-state index in [0.717, 1.165) is 6.54 Å². The molecule has 1 N–H and O–H groups in total. The summed E-state index contributed by atoms with van der Waals surface area (Å²) < 4.78 is 0. The molecule has 104 valence electrons. The summed E-state index contributed by atoms with van der Waals surface area (Å²) in [6.45, 7) is 12.9. The molecule has 0 aliphatic carbocycles. The Bertz CT molecular complexity index is 472. The van der Waals surface area contributed by atoms with Crippen LogP contribution in [0.3, 0.4) is 0 Å². The van der Waals surface area contributed by atoms with Crippen molar-refractivity contribution in [1.29, 1.82) is 0 Å². The highest BCUT2D eigenvalue weighted by atomic mass is 15.1. The molecule has 19 heavy (non-hydrogen) atoms. The fraction of sp³-hybridized carbons (Fsp3) is 0.647. The maximum atomic E-state index is 3.51. The maximum absolute atomic E-state index is 3.51. The molecule has 1 unspecified atom stereocenters. The lowest BCUT2D eigenvalue weighted by Crippen LogP contribution is -2.40. The molecule has 0 radical (unpaired) electrons. The van der Waals surface area contributed by atoms with E-state index in [1.54, 1.807) is 11.1 Å². The maximum Gasteiger partial charge on any atom is 0.0237 e. The first-order valence-electron chi connectivity index (χ1n) is 7.58. The van der Waals surface area contributed by atoms with E-state index in [1.165, 1.54) is 50.1 Å². The number of hydrogen-bond acceptors (Lipinski definition) is 2. The predicted octanol–water partition coefficient (Wildman–Crippen LogP) is 2.66. The second kappa shape index (κ2) is 4.92. The van der Waals surface area contributed by atoms with Gasteiger partial charge in [0.2, 0.25) is 0 Å². The molecule has 1 aromatic rings. The van der Waals surface area contributed by atoms with E-state index >= 15 is 0 Å². The van der Waals surface area contributed by atoms with E-state index in [9.17, 15) is 0 Å². The lowest BCUT2D eigenvalue weighted by atomic mass is 9.87. The van der Waals surface area contributed by atoms with Crippen molar-refractivity contribution >= 4 is 0 Å². The molecule has 1 atom stereocenters. The van der Waals surface area contributed by atoms with Crippen molar-refractivity contribution in [3.8, 4) is 0 Å². The van der Waals surface area contributed by atoms with Crippen LogP contribution in [0, 0.1) is 19.3 Å². The van der Waals surface area contributed by atoms with Crippen molar-refractivity contribution in [3.63, 3.8) is 0 Å². The molecule has 0 aromatic heterocycles. The van der Waals surface area contributed by atoms with Crippen LogP contribution >= 0.6 is 0 Å². The second-order valence-corrected chi connectivity index (χ2v) is 6.92. The summed E-state index contributed by atoms with van der Waals surface area (Å²) in [6, 6.07) is 4.72. The van der Waals surface area contributed by atoms with Crippen LogP contribution in [0.15, 0.2) is 12.1 Å². The summed E-state index contributed by atoms with van der Waals surface area (Å²) in [5, 5.41) is 3.51. The average Bonchev–Trinajstić information content (AvgIpc) is 2.75. The van der Waals surface area contributed by atoms with Crippen molar-refractivity contribution in [3.05, 3.63) is 34.4 Å². The van der Waals surface area contributed by atoms with Crippen molar-refractivity contribution in [1.82, 2.24) is 10.2 Å². The molecule has 2 nitrogen and oxygen atoms in total. The summed E-state index contributed by atoms with van der Waals surface area (Å²) in [4.78, 5) is 2.66. The van der Waals surface area contributed by atoms with E-state index in [-0.39, 0.29) is 0 Å². The zero-order valence-corrected chi connectivity index (χ0v) is 12.6. The Morgan fingerprint density at radius 1 is 1.32 bits per heavy atom. The van der Waals surface area contributed by atoms with Gasteiger partial charge in [-0.3, -0.25) is 4.90 Å². The molecular weight excluding hydrogens is 232 g/mol. The molecule has 3 rings (SSSR count). The lowest BCUT2D eigenvalue weighted by Gasteiger charge is -2.36. The van der Waals surface area contributed by atoms with Crippen LogP contribution in [0.2, 0.25) is 0 Å². The molecule has 0 amide bonds. The number of nitrogens with one attached hydrogen (secondary N) is 1. The minimum atomic E-state index is 0.483. The second-order valence-electron chi connectivity index (χ2n) is 6.92. The molecular formula is C17H26N2. The zero-order chi connectivity index (χ0) is 13.5. The van der Waals surface area contributed by atoms with Crippen LogP contribution in [0.25, 0.3) is 0 Å². The minimum Gasteiger partial charge on any atom is -0.316 e. The fourth-order valence-electron chi connectivity index (χ4n) is 3.85. The largest absolute Gasteiger partial charge is 0.316 e. The SMILES string of the molecule is Cc1cc(C)c2c(c1)CN(CC1(C)CCNC1)CC2. The Morgan fingerprint density at radius 2 is 2.16 bits per heavy atom. The first-order chi connectivity index (χ1) is 9.06. The van der Waals surface area contributed by atoms with Crippen LogP contribution in [0.5, 0.6) is 0 Å². The number of nitrogens with zero attached hydrogens (tertiary/aromatic N) is 1. The standard InChI is InChI=1S/C17H26N2/c1-13-8-14(2)16-4-7-19(10-15(16)9-13)12-17(3)5-6-18-11-17/h8-9,18H,4-7,10-12H2,1-3H3. The van der Waals surface area contributed by atoms with Gasteiger partial charge in [-0.25, -0.2) is 0 Å². The molecule has 0 spiro atoms. The molecule has 2 heteroatoms. The minimum absolute atomic E-state index is 0.483. The highest BCUT2D eigenvalue weighted by molar-refractivity contribution is 5.39. The molecule has 1 fully saturated rings. The van der Waals surface area contributed by atoms with Crippen molar-refractivity contribution in [2.75, 3.05) is 26.2 Å². The Morgan fingerprint density at radius 3 is 2.89 bits per heavy atom. The Balaban J connectivity index is 1.75. The molecule has 1 aromatic carbocycles. The van der Waals surface area contributed by atoms with E-state index < -0.39 is 0 Å². The Hall–Kier alpha value is -0.860. The van der Waals surface area contributed by atoms with Crippen molar-refractivity contribution in [2.45, 2.75) is 40.2 Å². The number of aryl methyl sites for hydroxylation is 2. The molecule has 2 aliphatic rings. The van der Waals surface area contributed by atoms with E-state index in [0.29, 0.717) is 5.41 Å². The van der Waals surface area contributed by atoms with E-state index in [1.807, 2.05) is 0 Å². The first-order valence-corrected chi connectivity index (χ1v) is 7.58. The number of fused-ring (bicyclic) bond motifs is 1. The van der Waals surface area contributed by atoms with Gasteiger partial charge in [-0.2, -0.15) is 0 Å². The van der Waals surface area contributed by atoms with Gasteiger partial charge in [-0.1, -0.05) is 24.6 Å². The van der Waals surface area contributed by atoms with Crippen molar-refractivity contribution < 1.29 is 0 Å². The first kappa shape index (κ1) is 13.1. The fourth-order valence-corrected chi connectivity index (χ4v) is 3.85. The average molecular weight is 258 g/mol. The van der Waals surface area contributed by atoms with E-state index in [2.05, 4.69) is 43.1 Å². The number of benzene rings is 1. The Kier molecular flexibility index (Phi) is 3.40. The molecule has 1 saturated heterocycles. The normalized spacial score (nSPS) is 27.5. The van der Waals surface area contributed by atoms with Crippen LogP contribution in [0.1, 0.15) is 35.6 Å². The van der Waals surface area contributed by atoms with Crippen LogP contribution in [0.4, 0.5) is 0 Å². The summed E-state index contributed by atoms with van der Waals surface area (Å²) in [6.07, 6.45) is 2.55. The lowest BCUT2D eigenvalue weighted by molar-refractivity contribution is 0.164. The number of hydrogen-bond donors (Lipinski definition) is 1. The molecule has 2 heterocycles. The van der Waals surface area contributed by atoms with Gasteiger partial charge in [-0.15, -0.1) is 0 Å². The van der Waals surface area contributed by atoms with Gasteiger partial charge in [-0.05, 0) is 55.3 Å². The third kappa shape index (κ3) is 2.70. The van der Waals surface area contributed by atoms with Gasteiger partial charge in [0, 0.05) is 26.2 Å². The highest BCUT2D eigenvalue weighted by Crippen LogP contribution is 2.29. The third-order valence-corrected chi connectivity index (χ3v) is 4.84. The predicted molar refractivity (Wildman–Crippen MR) is 80.5 cm³/mol. The van der Waals surface area contributed by atoms with Gasteiger partial charge >= 0.3 is 0 Å². The summed E-state index contributed by atoms with van der Waals surface area (Å²) in [7, 11) is 0. The molecule has 0 saturated carbocycles. The van der Waals surface area contributed by atoms with Crippen LogP contribution in [-0.4, -0.2) is 31.1 Å². The van der Waals surface area contributed by atoms with Gasteiger partial charge < -0.3 is 5.32 Å². The van der Waals surface area contributed by atoms with Crippen LogP contribution in [-0.2, 0) is 13.0 Å². The van der Waals surface area contributed by atoms with Gasteiger partial charge in [0.1, 0.15) is 0 Å². The van der Waals surface area contributed by atoms with E-state index in [4.69, 9.17) is 0 Å². The van der Waals surface area contributed by atoms with Gasteiger partial charge in [0.25, 0.3) is 0 Å². The highest BCUT2D eigenvalue weighted by Gasteiger charge is 2.31. The quantitative estimate of drug-likeness (QED) is 0.877. The van der Waals surface area contributed by atoms with Crippen LogP contribution < -0.4 is 5.32 Å². The summed E-state index contributed by atoms with van der Waals surface area (Å²) >= 11 is 0. The monoisotopic (exact) mass is 258 g/mol. The summed E-state index contributed by atoms with van der Waals surface area (Å²) in [5.74, 6) is 0. The van der Waals surface area contributed by atoms with Crippen molar-refractivity contribution in [2.24, 2.45) is 5.41 Å².